The second kappa shape index (κ2) is 6.53. The van der Waals surface area contributed by atoms with Crippen LogP contribution in [0.4, 0.5) is 0 Å². The zero-order valence-corrected chi connectivity index (χ0v) is 14.7. The van der Waals surface area contributed by atoms with Crippen LogP contribution in [-0.2, 0) is 0 Å². The Kier molecular flexibility index (Phi) is 4.06. The second-order valence-corrected chi connectivity index (χ2v) is 6.47. The van der Waals surface area contributed by atoms with E-state index in [4.69, 9.17) is 0 Å². The lowest BCUT2D eigenvalue weighted by Crippen LogP contribution is -2.20. The van der Waals surface area contributed by atoms with Crippen molar-refractivity contribution in [2.24, 2.45) is 0 Å². The highest BCUT2D eigenvalue weighted by Gasteiger charge is 2.26. The van der Waals surface area contributed by atoms with Gasteiger partial charge in [0.05, 0.1) is 17.1 Å². The molecule has 2 heterocycles. The molecule has 7 heteroatoms. The molecule has 0 aliphatic carbocycles. The molecule has 0 amide bonds. The number of nitrogens with zero attached hydrogens (tertiary/aromatic N) is 3. The van der Waals surface area contributed by atoms with E-state index >= 15 is 0 Å². The van der Waals surface area contributed by atoms with Crippen LogP contribution in [0.1, 0.15) is 20.9 Å². The molecule has 26 heavy (non-hydrogen) atoms. The van der Waals surface area contributed by atoms with Gasteiger partial charge in [0.1, 0.15) is 10.4 Å². The predicted molar refractivity (Wildman–Crippen MR) is 99.9 cm³/mol. The number of carbonyl (C=O) groups excluding carboxylic acids is 1. The van der Waals surface area contributed by atoms with Crippen LogP contribution in [0, 0.1) is 6.92 Å². The van der Waals surface area contributed by atoms with Crippen molar-refractivity contribution in [3.63, 3.8) is 0 Å². The number of hydrogen-bond acceptors (Lipinski definition) is 5. The molecular weight excluding hydrogens is 348 g/mol. The molecule has 0 fully saturated rings. The third-order valence-corrected chi connectivity index (χ3v) is 4.88. The number of H-pyrrole nitrogens is 1. The number of rotatable bonds is 4. The van der Waals surface area contributed by atoms with E-state index in [1.807, 2.05) is 48.5 Å². The third-order valence-electron chi connectivity index (χ3n) is 4.05. The second-order valence-electron chi connectivity index (χ2n) is 5.72. The summed E-state index contributed by atoms with van der Waals surface area (Å²) < 4.78 is 5.21. The summed E-state index contributed by atoms with van der Waals surface area (Å²) in [5.74, 6) is -0.368. The Morgan fingerprint density at radius 3 is 2.31 bits per heavy atom. The quantitative estimate of drug-likeness (QED) is 0.565. The molecule has 4 aromatic rings. The van der Waals surface area contributed by atoms with E-state index in [0.717, 1.165) is 17.1 Å². The number of carbonyl (C=O) groups is 1. The smallest absolute Gasteiger partial charge is 0.283 e. The third kappa shape index (κ3) is 2.68. The molecule has 2 aromatic heterocycles. The number of benzene rings is 2. The molecule has 2 aromatic carbocycles. The van der Waals surface area contributed by atoms with E-state index in [1.54, 1.807) is 19.1 Å². The first-order valence-electron chi connectivity index (χ1n) is 7.96. The molecule has 128 valence electrons. The largest absolute Gasteiger partial charge is 0.290 e. The van der Waals surface area contributed by atoms with Crippen LogP contribution in [0.2, 0.25) is 0 Å². The number of aromatic amines is 1. The van der Waals surface area contributed by atoms with Gasteiger partial charge in [-0.15, -0.1) is 5.10 Å². The Morgan fingerprint density at radius 1 is 1.04 bits per heavy atom. The molecule has 0 saturated carbocycles. The zero-order chi connectivity index (χ0) is 18.1. The van der Waals surface area contributed by atoms with Crippen molar-refractivity contribution in [2.75, 3.05) is 0 Å². The molecule has 0 atom stereocenters. The summed E-state index contributed by atoms with van der Waals surface area (Å²) in [4.78, 5) is 26.5. The minimum atomic E-state index is -0.396. The van der Waals surface area contributed by atoms with Gasteiger partial charge in [0, 0.05) is 5.56 Å². The average Bonchev–Trinajstić information content (AvgIpc) is 3.26. The van der Waals surface area contributed by atoms with Crippen LogP contribution in [0.15, 0.2) is 65.5 Å². The highest BCUT2D eigenvalue weighted by atomic mass is 32.1. The Labute approximate surface area is 152 Å². The van der Waals surface area contributed by atoms with Gasteiger partial charge < -0.3 is 0 Å². The molecule has 0 bridgehead atoms. The van der Waals surface area contributed by atoms with Crippen LogP contribution in [0.5, 0.6) is 0 Å². The van der Waals surface area contributed by atoms with Crippen molar-refractivity contribution in [1.82, 2.24) is 19.4 Å². The van der Waals surface area contributed by atoms with E-state index in [1.165, 1.54) is 4.68 Å². The van der Waals surface area contributed by atoms with Crippen LogP contribution in [0.3, 0.4) is 0 Å². The van der Waals surface area contributed by atoms with E-state index in [2.05, 4.69) is 14.7 Å². The minimum absolute atomic E-state index is 0.0919. The van der Waals surface area contributed by atoms with Gasteiger partial charge in [-0.1, -0.05) is 53.0 Å². The molecule has 6 nitrogen and oxygen atoms in total. The Bertz CT molecular complexity index is 1130. The van der Waals surface area contributed by atoms with Crippen molar-refractivity contribution in [2.45, 2.75) is 6.92 Å². The number of para-hydroxylation sites is 1. The van der Waals surface area contributed by atoms with Crippen LogP contribution >= 0.6 is 11.5 Å². The lowest BCUT2D eigenvalue weighted by molar-refractivity contribution is 0.104. The highest BCUT2D eigenvalue weighted by Crippen LogP contribution is 2.24. The maximum absolute atomic E-state index is 13.1. The first-order valence-corrected chi connectivity index (χ1v) is 8.73. The number of aryl methyl sites for hydroxylation is 1. The predicted octanol–water partition coefficient (Wildman–Crippen LogP) is 3.22. The van der Waals surface area contributed by atoms with Gasteiger partial charge in [0.2, 0.25) is 5.78 Å². The first kappa shape index (κ1) is 16.2. The standard InChI is InChI=1S/C19H14N4O2S/c1-12-18(26-22-20-12)17(24)15-16(13-8-4-2-5-9-13)21-23(19(15)25)14-10-6-3-7-11-14/h2-11,21H,1H3. The number of ketones is 1. The van der Waals surface area contributed by atoms with Gasteiger partial charge in [-0.05, 0) is 30.6 Å². The summed E-state index contributed by atoms with van der Waals surface area (Å²) in [6, 6.07) is 18.5. The fourth-order valence-corrected chi connectivity index (χ4v) is 3.38. The Balaban J connectivity index is 1.97. The van der Waals surface area contributed by atoms with Crippen molar-refractivity contribution in [3.05, 3.63) is 87.2 Å². The molecule has 4 rings (SSSR count). The summed E-state index contributed by atoms with van der Waals surface area (Å²) in [7, 11) is 0. The fourth-order valence-electron chi connectivity index (χ4n) is 2.77. The molecule has 0 aliphatic rings. The van der Waals surface area contributed by atoms with E-state index < -0.39 is 5.56 Å². The Hall–Kier alpha value is -3.32. The van der Waals surface area contributed by atoms with Gasteiger partial charge >= 0.3 is 0 Å². The summed E-state index contributed by atoms with van der Waals surface area (Å²) in [5.41, 5.74) is 2.12. The number of nitrogens with one attached hydrogen (secondary N) is 1. The molecule has 0 spiro atoms. The van der Waals surface area contributed by atoms with Crippen molar-refractivity contribution in [3.8, 4) is 16.9 Å². The summed E-state index contributed by atoms with van der Waals surface area (Å²) >= 11 is 0.997. The number of aromatic nitrogens is 4. The average molecular weight is 362 g/mol. The first-order chi connectivity index (χ1) is 12.7. The SMILES string of the molecule is Cc1nnsc1C(=O)c1c(-c2ccccc2)[nH]n(-c2ccccc2)c1=O. The van der Waals surface area contributed by atoms with Crippen LogP contribution in [0.25, 0.3) is 16.9 Å². The number of hydrogen-bond donors (Lipinski definition) is 1. The molecular formula is C19H14N4O2S. The van der Waals surface area contributed by atoms with Gasteiger partial charge in [0.15, 0.2) is 0 Å². The molecule has 0 radical (unpaired) electrons. The Morgan fingerprint density at radius 2 is 1.69 bits per heavy atom. The summed E-state index contributed by atoms with van der Waals surface area (Å²) in [5, 5.41) is 6.98. The fraction of sp³-hybridized carbons (Fsp3) is 0.0526. The van der Waals surface area contributed by atoms with E-state index in [0.29, 0.717) is 22.0 Å². The summed E-state index contributed by atoms with van der Waals surface area (Å²) in [6.45, 7) is 1.71. The normalized spacial score (nSPS) is 10.8. The van der Waals surface area contributed by atoms with Crippen molar-refractivity contribution < 1.29 is 4.79 Å². The van der Waals surface area contributed by atoms with Gasteiger partial charge in [-0.3, -0.25) is 14.7 Å². The maximum atomic E-state index is 13.1. The minimum Gasteiger partial charge on any atom is -0.290 e. The van der Waals surface area contributed by atoms with E-state index in [-0.39, 0.29) is 11.3 Å². The zero-order valence-electron chi connectivity index (χ0n) is 13.8. The summed E-state index contributed by atoms with van der Waals surface area (Å²) in [6.07, 6.45) is 0. The molecule has 0 unspecified atom stereocenters. The van der Waals surface area contributed by atoms with Crippen molar-refractivity contribution >= 4 is 17.3 Å². The van der Waals surface area contributed by atoms with Crippen LogP contribution < -0.4 is 5.56 Å². The lowest BCUT2D eigenvalue weighted by Gasteiger charge is -2.02. The maximum Gasteiger partial charge on any atom is 0.283 e. The van der Waals surface area contributed by atoms with Crippen molar-refractivity contribution in [1.29, 1.82) is 0 Å². The monoisotopic (exact) mass is 362 g/mol. The highest BCUT2D eigenvalue weighted by molar-refractivity contribution is 7.08. The van der Waals surface area contributed by atoms with E-state index in [9.17, 15) is 9.59 Å². The lowest BCUT2D eigenvalue weighted by atomic mass is 10.0. The topological polar surface area (TPSA) is 80.6 Å². The van der Waals surface area contributed by atoms with Gasteiger partial charge in [-0.25, -0.2) is 4.68 Å². The van der Waals surface area contributed by atoms with Gasteiger partial charge in [0.25, 0.3) is 5.56 Å². The van der Waals surface area contributed by atoms with Gasteiger partial charge in [-0.2, -0.15) is 0 Å². The molecule has 0 aliphatic heterocycles. The molecule has 0 saturated heterocycles. The molecule has 1 N–H and O–H groups in total. The van der Waals surface area contributed by atoms with Crippen LogP contribution in [-0.4, -0.2) is 25.2 Å².